The van der Waals surface area contributed by atoms with Gasteiger partial charge in [-0.3, -0.25) is 0 Å². The Morgan fingerprint density at radius 1 is 1.14 bits per heavy atom. The number of benzene rings is 2. The van der Waals surface area contributed by atoms with Crippen LogP contribution in [0.3, 0.4) is 0 Å². The number of anilines is 1. The SMILES string of the molecule is CC(Nc1ccccc1Br)(C(=O)O)c1c(F)cccc1F. The lowest BCUT2D eigenvalue weighted by molar-refractivity contribution is -0.142. The number of nitrogens with one attached hydrogen (secondary N) is 1. The van der Waals surface area contributed by atoms with Gasteiger partial charge in [0.15, 0.2) is 5.54 Å². The molecule has 0 aromatic heterocycles. The summed E-state index contributed by atoms with van der Waals surface area (Å²) in [5, 5.41) is 12.2. The fraction of sp³-hybridized carbons (Fsp3) is 0.133. The van der Waals surface area contributed by atoms with Crippen LogP contribution in [0.25, 0.3) is 0 Å². The van der Waals surface area contributed by atoms with Crippen molar-refractivity contribution >= 4 is 27.6 Å². The first-order valence-electron chi connectivity index (χ1n) is 6.07. The molecule has 0 radical (unpaired) electrons. The van der Waals surface area contributed by atoms with Crippen LogP contribution in [0.15, 0.2) is 46.9 Å². The molecule has 2 N–H and O–H groups in total. The fourth-order valence-electron chi connectivity index (χ4n) is 2.03. The summed E-state index contributed by atoms with van der Waals surface area (Å²) in [6, 6.07) is 9.99. The van der Waals surface area contributed by atoms with E-state index < -0.39 is 28.7 Å². The first-order chi connectivity index (χ1) is 9.86. The average Bonchev–Trinajstić information content (AvgIpc) is 2.41. The van der Waals surface area contributed by atoms with Crippen molar-refractivity contribution in [1.29, 1.82) is 0 Å². The van der Waals surface area contributed by atoms with Gasteiger partial charge in [-0.15, -0.1) is 0 Å². The van der Waals surface area contributed by atoms with E-state index in [1.807, 2.05) is 0 Å². The first-order valence-corrected chi connectivity index (χ1v) is 6.86. The second-order valence-corrected chi connectivity index (χ2v) is 5.49. The maximum atomic E-state index is 14.0. The molecule has 2 rings (SSSR count). The Bertz CT molecular complexity index is 673. The smallest absolute Gasteiger partial charge is 0.333 e. The second kappa shape index (κ2) is 5.81. The quantitative estimate of drug-likeness (QED) is 0.866. The number of aliphatic carboxylic acids is 1. The van der Waals surface area contributed by atoms with Crippen LogP contribution in [0.5, 0.6) is 0 Å². The Morgan fingerprint density at radius 3 is 2.24 bits per heavy atom. The Hall–Kier alpha value is -1.95. The van der Waals surface area contributed by atoms with Crippen LogP contribution in [0.1, 0.15) is 12.5 Å². The van der Waals surface area contributed by atoms with E-state index in [9.17, 15) is 18.7 Å². The number of carbonyl (C=O) groups is 1. The van der Waals surface area contributed by atoms with Gasteiger partial charge in [-0.1, -0.05) is 18.2 Å². The first kappa shape index (κ1) is 15.4. The largest absolute Gasteiger partial charge is 0.479 e. The van der Waals surface area contributed by atoms with Crippen LogP contribution in [0.2, 0.25) is 0 Å². The van der Waals surface area contributed by atoms with Crippen molar-refractivity contribution in [2.24, 2.45) is 0 Å². The molecule has 0 heterocycles. The molecule has 6 heteroatoms. The van der Waals surface area contributed by atoms with E-state index in [0.29, 0.717) is 10.2 Å². The molecule has 0 saturated carbocycles. The maximum absolute atomic E-state index is 14.0. The summed E-state index contributed by atoms with van der Waals surface area (Å²) in [4.78, 5) is 11.6. The van der Waals surface area contributed by atoms with Crippen molar-refractivity contribution in [2.45, 2.75) is 12.5 Å². The Labute approximate surface area is 128 Å². The fourth-order valence-corrected chi connectivity index (χ4v) is 2.41. The Morgan fingerprint density at radius 2 is 1.71 bits per heavy atom. The predicted molar refractivity (Wildman–Crippen MR) is 79.1 cm³/mol. The summed E-state index contributed by atoms with van der Waals surface area (Å²) in [6.45, 7) is 1.22. The topological polar surface area (TPSA) is 49.3 Å². The molecule has 21 heavy (non-hydrogen) atoms. The van der Waals surface area contributed by atoms with Crippen molar-refractivity contribution in [2.75, 3.05) is 5.32 Å². The molecule has 1 unspecified atom stereocenters. The molecular weight excluding hydrogens is 344 g/mol. The number of hydrogen-bond acceptors (Lipinski definition) is 2. The normalized spacial score (nSPS) is 13.5. The average molecular weight is 356 g/mol. The van der Waals surface area contributed by atoms with Crippen LogP contribution >= 0.6 is 15.9 Å². The van der Waals surface area contributed by atoms with Gasteiger partial charge in [0.2, 0.25) is 0 Å². The van der Waals surface area contributed by atoms with E-state index >= 15 is 0 Å². The molecular formula is C15H12BrF2NO2. The lowest BCUT2D eigenvalue weighted by Gasteiger charge is -2.29. The standard InChI is InChI=1S/C15H12BrF2NO2/c1-15(14(20)21,13-10(17)6-4-7-11(13)18)19-12-8-3-2-5-9(12)16/h2-8,19H,1H3,(H,20,21). The summed E-state index contributed by atoms with van der Waals surface area (Å²) >= 11 is 3.26. The predicted octanol–water partition coefficient (Wildman–Crippen LogP) is 4.14. The zero-order valence-electron chi connectivity index (χ0n) is 11.0. The van der Waals surface area contributed by atoms with Crippen molar-refractivity contribution < 1.29 is 18.7 Å². The lowest BCUT2D eigenvalue weighted by Crippen LogP contribution is -2.42. The summed E-state index contributed by atoms with van der Waals surface area (Å²) in [5.41, 5.74) is -2.06. The van der Waals surface area contributed by atoms with Crippen molar-refractivity contribution in [3.8, 4) is 0 Å². The zero-order chi connectivity index (χ0) is 15.6. The molecule has 1 atom stereocenters. The summed E-state index contributed by atoms with van der Waals surface area (Å²) in [6.07, 6.45) is 0. The molecule has 3 nitrogen and oxygen atoms in total. The van der Waals surface area contributed by atoms with Gasteiger partial charge in [0.05, 0.1) is 5.56 Å². The molecule has 2 aromatic rings. The van der Waals surface area contributed by atoms with E-state index in [0.717, 1.165) is 12.1 Å². The van der Waals surface area contributed by atoms with Gasteiger partial charge in [-0.25, -0.2) is 13.6 Å². The van der Waals surface area contributed by atoms with Crippen LogP contribution in [-0.4, -0.2) is 11.1 Å². The zero-order valence-corrected chi connectivity index (χ0v) is 12.6. The van der Waals surface area contributed by atoms with E-state index in [2.05, 4.69) is 21.2 Å². The Kier molecular flexibility index (Phi) is 4.27. The van der Waals surface area contributed by atoms with Crippen LogP contribution in [-0.2, 0) is 10.3 Å². The Balaban J connectivity index is 2.57. The number of halogens is 3. The molecule has 0 aliphatic rings. The summed E-state index contributed by atoms with van der Waals surface area (Å²) in [7, 11) is 0. The van der Waals surface area contributed by atoms with Crippen molar-refractivity contribution in [3.63, 3.8) is 0 Å². The minimum absolute atomic E-state index is 0.421. The van der Waals surface area contributed by atoms with Gasteiger partial charge in [0.25, 0.3) is 0 Å². The highest BCUT2D eigenvalue weighted by Crippen LogP contribution is 2.33. The highest BCUT2D eigenvalue weighted by atomic mass is 79.9. The number of carboxylic acid groups (broad SMARTS) is 1. The summed E-state index contributed by atoms with van der Waals surface area (Å²) < 4.78 is 28.5. The molecule has 0 aliphatic heterocycles. The molecule has 0 spiro atoms. The molecule has 2 aromatic carbocycles. The molecule has 0 bridgehead atoms. The number of hydrogen-bond donors (Lipinski definition) is 2. The van der Waals surface area contributed by atoms with Crippen molar-refractivity contribution in [1.82, 2.24) is 0 Å². The van der Waals surface area contributed by atoms with E-state index in [-0.39, 0.29) is 0 Å². The molecule has 0 aliphatic carbocycles. The number of rotatable bonds is 4. The molecule has 110 valence electrons. The van der Waals surface area contributed by atoms with Gasteiger partial charge in [-0.2, -0.15) is 0 Å². The van der Waals surface area contributed by atoms with Crippen LogP contribution in [0.4, 0.5) is 14.5 Å². The number of carboxylic acids is 1. The minimum atomic E-state index is -1.95. The minimum Gasteiger partial charge on any atom is -0.479 e. The highest BCUT2D eigenvalue weighted by molar-refractivity contribution is 9.10. The molecule has 0 saturated heterocycles. The second-order valence-electron chi connectivity index (χ2n) is 4.63. The summed E-state index contributed by atoms with van der Waals surface area (Å²) in [5.74, 6) is -3.22. The van der Waals surface area contributed by atoms with Gasteiger partial charge in [0, 0.05) is 10.2 Å². The highest BCUT2D eigenvalue weighted by Gasteiger charge is 2.40. The monoisotopic (exact) mass is 355 g/mol. The van der Waals surface area contributed by atoms with E-state index in [1.165, 1.54) is 13.0 Å². The third kappa shape index (κ3) is 2.90. The molecule has 0 amide bonds. The van der Waals surface area contributed by atoms with Gasteiger partial charge in [-0.05, 0) is 47.1 Å². The van der Waals surface area contributed by atoms with Gasteiger partial charge in [0.1, 0.15) is 11.6 Å². The third-order valence-electron chi connectivity index (χ3n) is 3.15. The van der Waals surface area contributed by atoms with E-state index in [4.69, 9.17) is 0 Å². The van der Waals surface area contributed by atoms with E-state index in [1.54, 1.807) is 24.3 Å². The van der Waals surface area contributed by atoms with Crippen LogP contribution in [0, 0.1) is 11.6 Å². The number of para-hydroxylation sites is 1. The maximum Gasteiger partial charge on any atom is 0.333 e. The lowest BCUT2D eigenvalue weighted by atomic mass is 9.90. The van der Waals surface area contributed by atoms with Gasteiger partial charge < -0.3 is 10.4 Å². The van der Waals surface area contributed by atoms with Crippen molar-refractivity contribution in [3.05, 3.63) is 64.1 Å². The van der Waals surface area contributed by atoms with Gasteiger partial charge >= 0.3 is 5.97 Å². The third-order valence-corrected chi connectivity index (χ3v) is 3.84. The van der Waals surface area contributed by atoms with Crippen LogP contribution < -0.4 is 5.32 Å². The molecule has 0 fully saturated rings.